The van der Waals surface area contributed by atoms with Crippen LogP contribution in [0.1, 0.15) is 17.7 Å². The number of hydrogen-bond donors (Lipinski definition) is 1. The number of unbranched alkanes of at least 4 members (excludes halogenated alkanes) is 1. The third-order valence-electron chi connectivity index (χ3n) is 2.63. The number of thiophene rings is 1. The van der Waals surface area contributed by atoms with Crippen LogP contribution >= 0.6 is 27.3 Å². The highest BCUT2D eigenvalue weighted by molar-refractivity contribution is 9.11. The van der Waals surface area contributed by atoms with Crippen molar-refractivity contribution in [2.24, 2.45) is 0 Å². The van der Waals surface area contributed by atoms with E-state index in [-0.39, 0.29) is 0 Å². The number of nitrogens with one attached hydrogen (secondary N) is 1. The summed E-state index contributed by atoms with van der Waals surface area (Å²) in [6.07, 6.45) is 3.39. The summed E-state index contributed by atoms with van der Waals surface area (Å²) >= 11 is 4.79. The first kappa shape index (κ1) is 16.8. The van der Waals surface area contributed by atoms with Gasteiger partial charge in [-0.15, -0.1) is 17.9 Å². The van der Waals surface area contributed by atoms with Gasteiger partial charge in [-0.25, -0.2) is 12.7 Å². The predicted molar refractivity (Wildman–Crippen MR) is 84.0 cm³/mol. The minimum Gasteiger partial charge on any atom is -0.315 e. The van der Waals surface area contributed by atoms with E-state index in [0.29, 0.717) is 21.8 Å². The molecule has 1 heterocycles. The maximum atomic E-state index is 12.4. The minimum atomic E-state index is -3.41. The molecule has 0 aliphatic rings. The monoisotopic (exact) mass is 366 g/mol. The number of nitrogens with zero attached hydrogens (tertiary/aromatic N) is 1. The summed E-state index contributed by atoms with van der Waals surface area (Å²) < 4.78 is 26.9. The second-order valence-corrected chi connectivity index (χ2v) is 8.61. The smallest absolute Gasteiger partial charge is 0.244 e. The van der Waals surface area contributed by atoms with Crippen LogP contribution in [0, 0.1) is 0 Å². The van der Waals surface area contributed by atoms with E-state index in [1.165, 1.54) is 15.6 Å². The summed E-state index contributed by atoms with van der Waals surface area (Å²) in [7, 11) is 0.0351. The maximum Gasteiger partial charge on any atom is 0.244 e. The van der Waals surface area contributed by atoms with Gasteiger partial charge in [0.25, 0.3) is 0 Å². The fraction of sp³-hybridized carbons (Fsp3) is 0.500. The van der Waals surface area contributed by atoms with Crippen molar-refractivity contribution < 1.29 is 8.42 Å². The molecule has 1 aromatic rings. The summed E-state index contributed by atoms with van der Waals surface area (Å²) in [6, 6.07) is 1.73. The lowest BCUT2D eigenvalue weighted by atomic mass is 10.3. The Balaban J connectivity index is 2.89. The van der Waals surface area contributed by atoms with Crippen LogP contribution in [0.3, 0.4) is 0 Å². The van der Waals surface area contributed by atoms with Crippen LogP contribution in [0.2, 0.25) is 0 Å². The van der Waals surface area contributed by atoms with Crippen molar-refractivity contribution in [3.63, 3.8) is 0 Å². The topological polar surface area (TPSA) is 49.4 Å². The summed E-state index contributed by atoms with van der Waals surface area (Å²) in [5.74, 6) is 0. The second-order valence-electron chi connectivity index (χ2n) is 4.14. The second kappa shape index (κ2) is 7.54. The van der Waals surface area contributed by atoms with Crippen LogP contribution in [0.15, 0.2) is 27.4 Å². The molecule has 0 bridgehead atoms. The van der Waals surface area contributed by atoms with E-state index in [4.69, 9.17) is 0 Å². The maximum absolute atomic E-state index is 12.4. The van der Waals surface area contributed by atoms with E-state index in [1.54, 1.807) is 19.2 Å². The number of halogens is 1. The van der Waals surface area contributed by atoms with Crippen LogP contribution in [0.4, 0.5) is 0 Å². The van der Waals surface area contributed by atoms with Crippen LogP contribution in [0.25, 0.3) is 0 Å². The highest BCUT2D eigenvalue weighted by Crippen LogP contribution is 2.33. The Morgan fingerprint density at radius 1 is 1.58 bits per heavy atom. The van der Waals surface area contributed by atoms with Gasteiger partial charge in [-0.3, -0.25) is 0 Å². The van der Waals surface area contributed by atoms with Crippen LogP contribution < -0.4 is 5.32 Å². The molecule has 1 N–H and O–H groups in total. The minimum absolute atomic E-state index is 0.351. The van der Waals surface area contributed by atoms with Crippen LogP contribution in [-0.2, 0) is 16.6 Å². The third kappa shape index (κ3) is 4.39. The van der Waals surface area contributed by atoms with Gasteiger partial charge < -0.3 is 5.32 Å². The predicted octanol–water partition coefficient (Wildman–Crippen LogP) is 2.82. The SMILES string of the molecule is C=CCCCN(C)S(=O)(=O)c1cc(CNC)sc1Br. The van der Waals surface area contributed by atoms with E-state index in [2.05, 4.69) is 27.8 Å². The zero-order valence-electron chi connectivity index (χ0n) is 11.1. The Kier molecular flexibility index (Phi) is 6.68. The molecule has 0 radical (unpaired) electrons. The molecule has 19 heavy (non-hydrogen) atoms. The molecule has 0 saturated heterocycles. The van der Waals surface area contributed by atoms with Crippen molar-refractivity contribution in [2.45, 2.75) is 24.3 Å². The van der Waals surface area contributed by atoms with E-state index in [1.807, 2.05) is 7.05 Å². The molecule has 1 aromatic heterocycles. The summed E-state index contributed by atoms with van der Waals surface area (Å²) in [5.41, 5.74) is 0. The molecule has 0 aliphatic heterocycles. The molecular formula is C12H19BrN2O2S2. The molecule has 108 valence electrons. The Morgan fingerprint density at radius 3 is 2.84 bits per heavy atom. The van der Waals surface area contributed by atoms with Gasteiger partial charge in [-0.1, -0.05) is 6.08 Å². The fourth-order valence-electron chi connectivity index (χ4n) is 1.58. The van der Waals surface area contributed by atoms with Crippen molar-refractivity contribution in [2.75, 3.05) is 20.6 Å². The quantitative estimate of drug-likeness (QED) is 0.568. The molecule has 0 atom stereocenters. The van der Waals surface area contributed by atoms with E-state index >= 15 is 0 Å². The van der Waals surface area contributed by atoms with Gasteiger partial charge in [0, 0.05) is 25.0 Å². The number of allylic oxidation sites excluding steroid dienone is 1. The number of rotatable bonds is 8. The Labute approximate surface area is 127 Å². The van der Waals surface area contributed by atoms with Crippen molar-refractivity contribution in [3.05, 3.63) is 27.4 Å². The van der Waals surface area contributed by atoms with E-state index in [0.717, 1.165) is 17.7 Å². The first-order valence-electron chi connectivity index (χ1n) is 5.93. The molecule has 1 rings (SSSR count). The van der Waals surface area contributed by atoms with Crippen molar-refractivity contribution in [1.29, 1.82) is 0 Å². The Morgan fingerprint density at radius 2 is 2.26 bits per heavy atom. The van der Waals surface area contributed by atoms with Gasteiger partial charge in [0.05, 0.1) is 3.79 Å². The molecule has 0 spiro atoms. The first-order chi connectivity index (χ1) is 8.93. The molecule has 0 aromatic carbocycles. The zero-order valence-corrected chi connectivity index (χ0v) is 14.4. The van der Waals surface area contributed by atoms with Crippen molar-refractivity contribution >= 4 is 37.3 Å². The first-order valence-corrected chi connectivity index (χ1v) is 8.98. The van der Waals surface area contributed by atoms with Gasteiger partial charge in [0.2, 0.25) is 10.0 Å². The van der Waals surface area contributed by atoms with Gasteiger partial charge in [0.15, 0.2) is 0 Å². The van der Waals surface area contributed by atoms with E-state index in [9.17, 15) is 8.42 Å². The van der Waals surface area contributed by atoms with Gasteiger partial charge in [-0.05, 0) is 41.9 Å². The van der Waals surface area contributed by atoms with Crippen molar-refractivity contribution in [3.8, 4) is 0 Å². The van der Waals surface area contributed by atoms with Crippen LogP contribution in [0.5, 0.6) is 0 Å². The normalized spacial score (nSPS) is 12.0. The van der Waals surface area contributed by atoms with E-state index < -0.39 is 10.0 Å². The number of sulfonamides is 1. The van der Waals surface area contributed by atoms with Crippen molar-refractivity contribution in [1.82, 2.24) is 9.62 Å². The molecule has 0 aliphatic carbocycles. The molecule has 0 fully saturated rings. The van der Waals surface area contributed by atoms with Crippen LogP contribution in [-0.4, -0.2) is 33.4 Å². The Bertz CT molecular complexity index is 526. The van der Waals surface area contributed by atoms with Gasteiger partial charge >= 0.3 is 0 Å². The van der Waals surface area contributed by atoms with Gasteiger partial charge in [-0.2, -0.15) is 0 Å². The molecular weight excluding hydrogens is 348 g/mol. The molecule has 7 heteroatoms. The summed E-state index contributed by atoms with van der Waals surface area (Å²) in [4.78, 5) is 1.34. The molecule has 0 amide bonds. The lowest BCUT2D eigenvalue weighted by molar-refractivity contribution is 0.462. The van der Waals surface area contributed by atoms with Gasteiger partial charge in [0.1, 0.15) is 4.90 Å². The lowest BCUT2D eigenvalue weighted by Gasteiger charge is -2.16. The Hall–Kier alpha value is -0.210. The zero-order chi connectivity index (χ0) is 14.5. The molecule has 0 unspecified atom stereocenters. The average Bonchev–Trinajstić information content (AvgIpc) is 2.71. The highest BCUT2D eigenvalue weighted by atomic mass is 79.9. The fourth-order valence-corrected chi connectivity index (χ4v) is 5.43. The largest absolute Gasteiger partial charge is 0.315 e. The lowest BCUT2D eigenvalue weighted by Crippen LogP contribution is -2.27. The molecule has 0 saturated carbocycles. The summed E-state index contributed by atoms with van der Waals surface area (Å²) in [5, 5.41) is 3.02. The average molecular weight is 367 g/mol. The third-order valence-corrected chi connectivity index (χ3v) is 6.74. The molecule has 4 nitrogen and oxygen atoms in total. The highest BCUT2D eigenvalue weighted by Gasteiger charge is 2.25. The standard InChI is InChI=1S/C12H19BrN2O2S2/c1-4-5-6-7-15(3)19(16,17)11-8-10(9-14-2)18-12(11)13/h4,8,14H,1,5-7,9H2,2-3H3. The summed E-state index contributed by atoms with van der Waals surface area (Å²) in [6.45, 7) is 4.80. The number of hydrogen-bond acceptors (Lipinski definition) is 4.